The summed E-state index contributed by atoms with van der Waals surface area (Å²) in [4.78, 5) is 26.6. The second kappa shape index (κ2) is 8.45. The number of amides is 1. The molecule has 0 radical (unpaired) electrons. The predicted molar refractivity (Wildman–Crippen MR) is 111 cm³/mol. The zero-order valence-corrected chi connectivity index (χ0v) is 18.3. The Morgan fingerprint density at radius 1 is 1.09 bits per heavy atom. The summed E-state index contributed by atoms with van der Waals surface area (Å²) in [5, 5.41) is 3.39. The smallest absolute Gasteiger partial charge is 0.444 e. The number of ether oxygens (including phenoxy) is 1. The standard InChI is InChI=1S/C22H22F3N5O3/c1-21(2,3)32-20(31)30-10-4-5-17(30)16-12-26-11-15(27-16)13-6-8-14(9-7-13)18-28-19(33-29-18)22(23,24)25/h6-9,11-12,17H,4-5,10H2,1-3H3. The van der Waals surface area contributed by atoms with E-state index in [0.717, 1.165) is 12.8 Å². The van der Waals surface area contributed by atoms with Gasteiger partial charge in [-0.25, -0.2) is 9.78 Å². The van der Waals surface area contributed by atoms with Crippen molar-refractivity contribution in [2.45, 2.75) is 51.4 Å². The summed E-state index contributed by atoms with van der Waals surface area (Å²) in [6.07, 6.45) is -0.302. The first-order valence-corrected chi connectivity index (χ1v) is 10.3. The third kappa shape index (κ3) is 5.12. The summed E-state index contributed by atoms with van der Waals surface area (Å²) in [5.41, 5.74) is 1.69. The lowest BCUT2D eigenvalue weighted by molar-refractivity contribution is -0.159. The molecule has 1 fully saturated rings. The van der Waals surface area contributed by atoms with Gasteiger partial charge >= 0.3 is 18.2 Å². The Labute approximate surface area is 187 Å². The molecule has 2 aromatic heterocycles. The molecule has 8 nitrogen and oxygen atoms in total. The number of carbonyl (C=O) groups excluding carboxylic acids is 1. The van der Waals surface area contributed by atoms with E-state index in [-0.39, 0.29) is 18.0 Å². The van der Waals surface area contributed by atoms with Crippen LogP contribution in [0.3, 0.4) is 0 Å². The number of hydrogen-bond donors (Lipinski definition) is 0. The molecule has 1 aliphatic heterocycles. The zero-order valence-electron chi connectivity index (χ0n) is 18.3. The number of rotatable bonds is 3. The lowest BCUT2D eigenvalue weighted by Gasteiger charge is -2.28. The van der Waals surface area contributed by atoms with Crippen LogP contribution in [0, 0.1) is 0 Å². The molecule has 0 saturated carbocycles. The summed E-state index contributed by atoms with van der Waals surface area (Å²) in [7, 11) is 0. The Bertz CT molecular complexity index is 1140. The van der Waals surface area contributed by atoms with Gasteiger partial charge in [0.25, 0.3) is 0 Å². The van der Waals surface area contributed by atoms with Crippen LogP contribution in [0.25, 0.3) is 22.6 Å². The average Bonchev–Trinajstić information content (AvgIpc) is 3.43. The zero-order chi connectivity index (χ0) is 23.8. The first-order chi connectivity index (χ1) is 15.5. The van der Waals surface area contributed by atoms with Gasteiger partial charge in [-0.3, -0.25) is 9.88 Å². The maximum absolute atomic E-state index is 12.7. The van der Waals surface area contributed by atoms with Crippen LogP contribution in [-0.2, 0) is 10.9 Å². The highest BCUT2D eigenvalue weighted by atomic mass is 19.4. The van der Waals surface area contributed by atoms with Crippen molar-refractivity contribution in [3.8, 4) is 22.6 Å². The summed E-state index contributed by atoms with van der Waals surface area (Å²) in [6.45, 7) is 6.03. The van der Waals surface area contributed by atoms with Gasteiger partial charge in [0.1, 0.15) is 5.60 Å². The normalized spacial score (nSPS) is 16.8. The molecule has 0 N–H and O–H groups in total. The number of aromatic nitrogens is 4. The summed E-state index contributed by atoms with van der Waals surface area (Å²) < 4.78 is 47.8. The maximum atomic E-state index is 12.7. The van der Waals surface area contributed by atoms with Crippen molar-refractivity contribution in [3.05, 3.63) is 48.2 Å². The molecular formula is C22H22F3N5O3. The van der Waals surface area contributed by atoms with Crippen LogP contribution in [0.4, 0.5) is 18.0 Å². The predicted octanol–water partition coefficient (Wildman–Crippen LogP) is 5.28. The summed E-state index contributed by atoms with van der Waals surface area (Å²) in [6, 6.07) is 6.29. The van der Waals surface area contributed by atoms with E-state index in [2.05, 4.69) is 24.6 Å². The second-order valence-electron chi connectivity index (χ2n) is 8.66. The number of benzene rings is 1. The Morgan fingerprint density at radius 3 is 2.42 bits per heavy atom. The Morgan fingerprint density at radius 2 is 1.79 bits per heavy atom. The molecule has 4 rings (SSSR count). The third-order valence-electron chi connectivity index (χ3n) is 4.98. The van der Waals surface area contributed by atoms with Gasteiger partial charge in [0.05, 0.1) is 29.8 Å². The fraction of sp³-hybridized carbons (Fsp3) is 0.409. The van der Waals surface area contributed by atoms with E-state index in [0.29, 0.717) is 29.1 Å². The molecule has 3 heterocycles. The topological polar surface area (TPSA) is 94.2 Å². The molecule has 0 spiro atoms. The maximum Gasteiger partial charge on any atom is 0.471 e. The first kappa shape index (κ1) is 22.7. The number of alkyl halides is 3. The van der Waals surface area contributed by atoms with Crippen LogP contribution >= 0.6 is 0 Å². The van der Waals surface area contributed by atoms with E-state index in [1.807, 2.05) is 20.8 Å². The van der Waals surface area contributed by atoms with E-state index >= 15 is 0 Å². The SMILES string of the molecule is CC(C)(C)OC(=O)N1CCCC1c1cncc(-c2ccc(-c3noc(C(F)(F)F)n3)cc2)n1. The van der Waals surface area contributed by atoms with Gasteiger partial charge in [0.15, 0.2) is 0 Å². The highest BCUT2D eigenvalue weighted by Crippen LogP contribution is 2.33. The fourth-order valence-electron chi connectivity index (χ4n) is 3.54. The fourth-order valence-corrected chi connectivity index (χ4v) is 3.54. The molecule has 1 unspecified atom stereocenters. The molecule has 0 aliphatic carbocycles. The van der Waals surface area contributed by atoms with Gasteiger partial charge in [-0.15, -0.1) is 0 Å². The largest absolute Gasteiger partial charge is 0.471 e. The van der Waals surface area contributed by atoms with E-state index in [1.54, 1.807) is 41.6 Å². The van der Waals surface area contributed by atoms with Crippen LogP contribution in [0.5, 0.6) is 0 Å². The van der Waals surface area contributed by atoms with Crippen LogP contribution in [0.2, 0.25) is 0 Å². The van der Waals surface area contributed by atoms with Gasteiger partial charge in [-0.05, 0) is 33.6 Å². The molecular weight excluding hydrogens is 439 g/mol. The number of likely N-dealkylation sites (tertiary alicyclic amines) is 1. The number of hydrogen-bond acceptors (Lipinski definition) is 7. The van der Waals surface area contributed by atoms with Gasteiger partial charge < -0.3 is 9.26 Å². The molecule has 1 atom stereocenters. The van der Waals surface area contributed by atoms with Crippen molar-refractivity contribution >= 4 is 6.09 Å². The monoisotopic (exact) mass is 461 g/mol. The number of nitrogens with zero attached hydrogens (tertiary/aromatic N) is 5. The van der Waals surface area contributed by atoms with Crippen LogP contribution in [0.15, 0.2) is 41.2 Å². The quantitative estimate of drug-likeness (QED) is 0.523. The molecule has 1 aliphatic rings. The van der Waals surface area contributed by atoms with Gasteiger partial charge in [-0.2, -0.15) is 18.2 Å². The second-order valence-corrected chi connectivity index (χ2v) is 8.66. The van der Waals surface area contributed by atoms with Gasteiger partial charge in [0.2, 0.25) is 5.82 Å². The van der Waals surface area contributed by atoms with Gasteiger partial charge in [-0.1, -0.05) is 29.4 Å². The lowest BCUT2D eigenvalue weighted by Crippen LogP contribution is -2.36. The minimum atomic E-state index is -4.70. The van der Waals surface area contributed by atoms with Crippen LogP contribution in [-0.4, -0.2) is 43.2 Å². The van der Waals surface area contributed by atoms with E-state index in [1.165, 1.54) is 0 Å². The molecule has 1 amide bonds. The van der Waals surface area contributed by atoms with E-state index in [4.69, 9.17) is 4.74 Å². The molecule has 1 saturated heterocycles. The van der Waals surface area contributed by atoms with Crippen LogP contribution in [0.1, 0.15) is 51.2 Å². The van der Waals surface area contributed by atoms with E-state index < -0.39 is 17.7 Å². The van der Waals surface area contributed by atoms with Crippen LogP contribution < -0.4 is 0 Å². The van der Waals surface area contributed by atoms with Crippen molar-refractivity contribution in [1.29, 1.82) is 0 Å². The summed E-state index contributed by atoms with van der Waals surface area (Å²) >= 11 is 0. The molecule has 1 aromatic carbocycles. The van der Waals surface area contributed by atoms with Crippen molar-refractivity contribution < 1.29 is 27.2 Å². The van der Waals surface area contributed by atoms with Crippen molar-refractivity contribution in [1.82, 2.24) is 25.0 Å². The van der Waals surface area contributed by atoms with Crippen molar-refractivity contribution in [2.75, 3.05) is 6.54 Å². The molecule has 0 bridgehead atoms. The molecule has 3 aromatic rings. The van der Waals surface area contributed by atoms with E-state index in [9.17, 15) is 18.0 Å². The molecule has 174 valence electrons. The van der Waals surface area contributed by atoms with Gasteiger partial charge in [0, 0.05) is 17.7 Å². The third-order valence-corrected chi connectivity index (χ3v) is 4.98. The molecule has 11 heteroatoms. The highest BCUT2D eigenvalue weighted by molar-refractivity contribution is 5.69. The number of carbonyl (C=O) groups is 1. The minimum Gasteiger partial charge on any atom is -0.444 e. The lowest BCUT2D eigenvalue weighted by atomic mass is 10.1. The average molecular weight is 461 g/mol. The highest BCUT2D eigenvalue weighted by Gasteiger charge is 2.38. The first-order valence-electron chi connectivity index (χ1n) is 10.3. The minimum absolute atomic E-state index is 0.160. The molecule has 33 heavy (non-hydrogen) atoms. The Kier molecular flexibility index (Phi) is 5.81. The van der Waals surface area contributed by atoms with Crippen molar-refractivity contribution in [2.24, 2.45) is 0 Å². The number of halogens is 3. The Balaban J connectivity index is 1.54. The summed E-state index contributed by atoms with van der Waals surface area (Å²) in [5.74, 6) is -1.56. The van der Waals surface area contributed by atoms with Crippen molar-refractivity contribution in [3.63, 3.8) is 0 Å². The Hall–Kier alpha value is -3.50.